The van der Waals surface area contributed by atoms with E-state index in [2.05, 4.69) is 5.32 Å². The second-order valence-electron chi connectivity index (χ2n) is 5.92. The number of rotatable bonds is 7. The van der Waals surface area contributed by atoms with Crippen molar-refractivity contribution in [2.75, 3.05) is 23.7 Å². The lowest BCUT2D eigenvalue weighted by molar-refractivity contribution is -0.120. The number of halogens is 2. The molecule has 0 aliphatic rings. The zero-order valence-electron chi connectivity index (χ0n) is 14.5. The van der Waals surface area contributed by atoms with Crippen LogP contribution in [0, 0.1) is 18.6 Å². The lowest BCUT2D eigenvalue weighted by Gasteiger charge is -2.23. The predicted molar refractivity (Wildman–Crippen MR) is 96.4 cm³/mol. The van der Waals surface area contributed by atoms with E-state index in [1.807, 2.05) is 31.2 Å². The predicted octanol–water partition coefficient (Wildman–Crippen LogP) is 2.40. The fraction of sp³-hybridized carbons (Fsp3) is 0.278. The zero-order valence-corrected chi connectivity index (χ0v) is 15.3. The number of nitrogens with one attached hydrogen (secondary N) is 1. The number of carbonyl (C=O) groups is 1. The van der Waals surface area contributed by atoms with Gasteiger partial charge in [-0.25, -0.2) is 17.2 Å². The van der Waals surface area contributed by atoms with E-state index >= 15 is 0 Å². The van der Waals surface area contributed by atoms with Crippen molar-refractivity contribution in [3.05, 3.63) is 65.2 Å². The molecule has 0 bridgehead atoms. The van der Waals surface area contributed by atoms with Crippen LogP contribution in [0.15, 0.2) is 42.5 Å². The van der Waals surface area contributed by atoms with Gasteiger partial charge in [0.15, 0.2) is 11.6 Å². The maximum absolute atomic E-state index is 13.9. The standard InChI is InChI=1S/C18H20F2N2O3S/c1-13-6-8-14(9-7-13)12-17(23)21-10-11-22(26(2,24)25)18-15(19)4-3-5-16(18)20/h3-9H,10-12H2,1-2H3,(H,21,23). The number of nitrogens with zero attached hydrogens (tertiary/aromatic N) is 1. The minimum Gasteiger partial charge on any atom is -0.354 e. The first-order valence-electron chi connectivity index (χ1n) is 7.92. The third-order valence-electron chi connectivity index (χ3n) is 3.71. The average Bonchev–Trinajstić information content (AvgIpc) is 2.54. The molecular formula is C18H20F2N2O3S. The van der Waals surface area contributed by atoms with Crippen LogP contribution in [-0.2, 0) is 21.2 Å². The summed E-state index contributed by atoms with van der Waals surface area (Å²) in [5, 5.41) is 2.57. The number of para-hydroxylation sites is 1. The van der Waals surface area contributed by atoms with Gasteiger partial charge in [0.2, 0.25) is 15.9 Å². The maximum atomic E-state index is 13.9. The van der Waals surface area contributed by atoms with Gasteiger partial charge in [0, 0.05) is 6.54 Å². The third kappa shape index (κ3) is 5.26. The van der Waals surface area contributed by atoms with Gasteiger partial charge in [-0.15, -0.1) is 0 Å². The van der Waals surface area contributed by atoms with Gasteiger partial charge in [-0.3, -0.25) is 9.10 Å². The lowest BCUT2D eigenvalue weighted by atomic mass is 10.1. The SMILES string of the molecule is Cc1ccc(CC(=O)NCCN(c2c(F)cccc2F)S(C)(=O)=O)cc1. The molecule has 0 aliphatic heterocycles. The van der Waals surface area contributed by atoms with Crippen LogP contribution in [0.25, 0.3) is 0 Å². The van der Waals surface area contributed by atoms with Gasteiger partial charge >= 0.3 is 0 Å². The van der Waals surface area contributed by atoms with Gasteiger partial charge in [0.1, 0.15) is 5.69 Å². The van der Waals surface area contributed by atoms with Crippen LogP contribution in [0.2, 0.25) is 0 Å². The van der Waals surface area contributed by atoms with Crippen molar-refractivity contribution in [3.8, 4) is 0 Å². The minimum atomic E-state index is -3.92. The van der Waals surface area contributed by atoms with E-state index in [-0.39, 0.29) is 25.4 Å². The lowest BCUT2D eigenvalue weighted by Crippen LogP contribution is -2.39. The molecule has 26 heavy (non-hydrogen) atoms. The Morgan fingerprint density at radius 1 is 1.08 bits per heavy atom. The highest BCUT2D eigenvalue weighted by molar-refractivity contribution is 7.92. The highest BCUT2D eigenvalue weighted by Gasteiger charge is 2.24. The monoisotopic (exact) mass is 382 g/mol. The summed E-state index contributed by atoms with van der Waals surface area (Å²) in [5.41, 5.74) is 1.24. The van der Waals surface area contributed by atoms with Crippen LogP contribution >= 0.6 is 0 Å². The van der Waals surface area contributed by atoms with Crippen molar-refractivity contribution in [3.63, 3.8) is 0 Å². The first kappa shape index (κ1) is 19.8. The molecule has 0 unspecified atom stereocenters. The van der Waals surface area contributed by atoms with Crippen molar-refractivity contribution in [1.82, 2.24) is 5.32 Å². The number of hydrogen-bond acceptors (Lipinski definition) is 3. The molecule has 1 N–H and O–H groups in total. The van der Waals surface area contributed by atoms with Gasteiger partial charge in [0.05, 0.1) is 19.2 Å². The molecule has 0 heterocycles. The number of carbonyl (C=O) groups excluding carboxylic acids is 1. The zero-order chi connectivity index (χ0) is 19.3. The molecule has 0 saturated heterocycles. The number of aryl methyl sites for hydroxylation is 1. The second-order valence-corrected chi connectivity index (χ2v) is 7.82. The van der Waals surface area contributed by atoms with E-state index in [1.165, 1.54) is 0 Å². The van der Waals surface area contributed by atoms with Gasteiger partial charge in [-0.2, -0.15) is 0 Å². The van der Waals surface area contributed by atoms with Crippen LogP contribution in [0.3, 0.4) is 0 Å². The molecule has 5 nitrogen and oxygen atoms in total. The molecule has 0 spiro atoms. The fourth-order valence-corrected chi connectivity index (χ4v) is 3.35. The molecule has 8 heteroatoms. The van der Waals surface area contributed by atoms with E-state index < -0.39 is 27.3 Å². The maximum Gasteiger partial charge on any atom is 0.232 e. The van der Waals surface area contributed by atoms with Crippen LogP contribution in [-0.4, -0.2) is 33.7 Å². The van der Waals surface area contributed by atoms with Crippen molar-refractivity contribution in [2.45, 2.75) is 13.3 Å². The summed E-state index contributed by atoms with van der Waals surface area (Å²) < 4.78 is 52.3. The van der Waals surface area contributed by atoms with E-state index in [0.717, 1.165) is 35.6 Å². The van der Waals surface area contributed by atoms with Gasteiger partial charge in [-0.1, -0.05) is 35.9 Å². The summed E-state index contributed by atoms with van der Waals surface area (Å²) in [6.07, 6.45) is 0.986. The average molecular weight is 382 g/mol. The molecule has 2 rings (SSSR count). The molecular weight excluding hydrogens is 362 g/mol. The molecule has 0 fully saturated rings. The third-order valence-corrected chi connectivity index (χ3v) is 4.88. The molecule has 2 aromatic rings. The molecule has 140 valence electrons. The highest BCUT2D eigenvalue weighted by Crippen LogP contribution is 2.24. The number of sulfonamides is 1. The normalized spacial score (nSPS) is 11.2. The summed E-state index contributed by atoms with van der Waals surface area (Å²) in [7, 11) is -3.92. The van der Waals surface area contributed by atoms with E-state index in [1.54, 1.807) is 0 Å². The summed E-state index contributed by atoms with van der Waals surface area (Å²) in [5.74, 6) is -2.28. The van der Waals surface area contributed by atoms with Crippen LogP contribution in [0.1, 0.15) is 11.1 Å². The number of hydrogen-bond donors (Lipinski definition) is 1. The van der Waals surface area contributed by atoms with Crippen molar-refractivity contribution >= 4 is 21.6 Å². The Morgan fingerprint density at radius 2 is 1.65 bits per heavy atom. The topological polar surface area (TPSA) is 66.5 Å². The first-order chi connectivity index (χ1) is 12.2. The van der Waals surface area contributed by atoms with Crippen molar-refractivity contribution in [2.24, 2.45) is 0 Å². The number of benzene rings is 2. The second kappa shape index (κ2) is 8.27. The Hall–Kier alpha value is -2.48. The molecule has 0 radical (unpaired) electrons. The highest BCUT2D eigenvalue weighted by atomic mass is 32.2. The summed E-state index contributed by atoms with van der Waals surface area (Å²) in [6, 6.07) is 10.5. The Balaban J connectivity index is 2.02. The molecule has 1 amide bonds. The van der Waals surface area contributed by atoms with E-state index in [9.17, 15) is 22.0 Å². The molecule has 0 aliphatic carbocycles. The van der Waals surface area contributed by atoms with Crippen molar-refractivity contribution < 1.29 is 22.0 Å². The number of anilines is 1. The van der Waals surface area contributed by atoms with Crippen molar-refractivity contribution in [1.29, 1.82) is 0 Å². The van der Waals surface area contributed by atoms with Crippen LogP contribution in [0.4, 0.5) is 14.5 Å². The van der Waals surface area contributed by atoms with Crippen LogP contribution in [0.5, 0.6) is 0 Å². The van der Waals surface area contributed by atoms with Gasteiger partial charge in [-0.05, 0) is 24.6 Å². The van der Waals surface area contributed by atoms with Crippen LogP contribution < -0.4 is 9.62 Å². The smallest absolute Gasteiger partial charge is 0.232 e. The molecule has 0 aromatic heterocycles. The Bertz CT molecular complexity index is 864. The number of amides is 1. The molecule has 0 atom stereocenters. The Kier molecular flexibility index (Phi) is 6.31. The molecule has 2 aromatic carbocycles. The molecule has 0 saturated carbocycles. The largest absolute Gasteiger partial charge is 0.354 e. The summed E-state index contributed by atoms with van der Waals surface area (Å²) >= 11 is 0. The fourth-order valence-electron chi connectivity index (χ4n) is 2.42. The minimum absolute atomic E-state index is 0.0778. The summed E-state index contributed by atoms with van der Waals surface area (Å²) in [4.78, 5) is 12.0. The summed E-state index contributed by atoms with van der Waals surface area (Å²) in [6.45, 7) is 1.58. The first-order valence-corrected chi connectivity index (χ1v) is 9.77. The quantitative estimate of drug-likeness (QED) is 0.800. The van der Waals surface area contributed by atoms with E-state index in [0.29, 0.717) is 4.31 Å². The van der Waals surface area contributed by atoms with E-state index in [4.69, 9.17) is 0 Å². The van der Waals surface area contributed by atoms with Gasteiger partial charge in [0.25, 0.3) is 0 Å². The van der Waals surface area contributed by atoms with Gasteiger partial charge < -0.3 is 5.32 Å². The Labute approximate surface area is 151 Å². The Morgan fingerprint density at radius 3 is 2.19 bits per heavy atom.